The third-order valence-corrected chi connectivity index (χ3v) is 8.56. The number of nitrogens with one attached hydrogen (secondary N) is 1. The minimum atomic E-state index is -0.480. The van der Waals surface area contributed by atoms with E-state index in [1.54, 1.807) is 36.3 Å². The van der Waals surface area contributed by atoms with E-state index in [1.165, 1.54) is 0 Å². The van der Waals surface area contributed by atoms with Gasteiger partial charge in [-0.2, -0.15) is 0 Å². The van der Waals surface area contributed by atoms with Gasteiger partial charge in [-0.25, -0.2) is 0 Å². The fraction of sp³-hybridized carbons (Fsp3) is 0.400. The zero-order valence-corrected chi connectivity index (χ0v) is 24.6. The molecule has 0 unspecified atom stereocenters. The largest absolute Gasteiger partial charge is 0.497 e. The molecule has 7 nitrogen and oxygen atoms in total. The Labute approximate surface area is 248 Å². The summed E-state index contributed by atoms with van der Waals surface area (Å²) in [7, 11) is 1.61. The number of methoxy groups -OCH3 is 1. The number of rotatable bonds is 9. The molecule has 1 aliphatic heterocycles. The lowest BCUT2D eigenvalue weighted by atomic mass is 9.88. The highest BCUT2D eigenvalue weighted by atomic mass is 16.5. The first kappa shape index (κ1) is 29.4. The van der Waals surface area contributed by atoms with Gasteiger partial charge in [0, 0.05) is 24.7 Å². The molecule has 3 amide bonds. The monoisotopic (exact) mass is 567 g/mol. The molecule has 0 radical (unpaired) electrons. The number of amides is 3. The highest BCUT2D eigenvalue weighted by Gasteiger charge is 2.39. The first-order valence-electron chi connectivity index (χ1n) is 15.1. The molecule has 0 aromatic heterocycles. The van der Waals surface area contributed by atoms with E-state index < -0.39 is 6.04 Å². The van der Waals surface area contributed by atoms with Gasteiger partial charge in [-0.15, -0.1) is 0 Å². The molecule has 5 rings (SSSR count). The lowest BCUT2D eigenvalue weighted by Crippen LogP contribution is -2.57. The number of hydrogen-bond donors (Lipinski definition) is 1. The van der Waals surface area contributed by atoms with Crippen molar-refractivity contribution in [1.29, 1.82) is 0 Å². The van der Waals surface area contributed by atoms with Crippen LogP contribution in [0.25, 0.3) is 0 Å². The first-order valence-corrected chi connectivity index (χ1v) is 15.1. The molecule has 3 atom stereocenters. The van der Waals surface area contributed by atoms with Crippen LogP contribution in [-0.4, -0.2) is 59.3 Å². The van der Waals surface area contributed by atoms with Gasteiger partial charge in [0.25, 0.3) is 5.91 Å². The van der Waals surface area contributed by atoms with E-state index in [0.717, 1.165) is 48.8 Å². The second-order valence-electron chi connectivity index (χ2n) is 11.5. The maximum atomic E-state index is 14.1. The lowest BCUT2D eigenvalue weighted by Gasteiger charge is -2.41. The van der Waals surface area contributed by atoms with Crippen LogP contribution in [0.1, 0.15) is 65.6 Å². The molecule has 3 aromatic carbocycles. The smallest absolute Gasteiger partial charge is 0.254 e. The summed E-state index contributed by atoms with van der Waals surface area (Å²) in [6, 6.07) is 24.3. The van der Waals surface area contributed by atoms with Crippen LogP contribution < -0.4 is 10.1 Å². The van der Waals surface area contributed by atoms with Crippen molar-refractivity contribution in [2.45, 2.75) is 76.5 Å². The van der Waals surface area contributed by atoms with E-state index >= 15 is 0 Å². The summed E-state index contributed by atoms with van der Waals surface area (Å²) in [5, 5.41) is 3.32. The molecule has 1 aliphatic carbocycles. The van der Waals surface area contributed by atoms with E-state index in [2.05, 4.69) is 24.4 Å². The molecule has 1 saturated heterocycles. The van der Waals surface area contributed by atoms with Crippen molar-refractivity contribution >= 4 is 17.7 Å². The molecule has 1 saturated carbocycles. The van der Waals surface area contributed by atoms with E-state index in [1.807, 2.05) is 47.4 Å². The Morgan fingerprint density at radius 3 is 2.36 bits per heavy atom. The Kier molecular flexibility index (Phi) is 9.57. The molecule has 1 N–H and O–H groups in total. The van der Waals surface area contributed by atoms with Gasteiger partial charge in [0.15, 0.2) is 0 Å². The molecule has 7 heteroatoms. The zero-order chi connectivity index (χ0) is 29.5. The highest BCUT2D eigenvalue weighted by molar-refractivity contribution is 5.95. The van der Waals surface area contributed by atoms with Crippen molar-refractivity contribution in [3.8, 4) is 5.75 Å². The number of nitrogens with zero attached hydrogens (tertiary/aromatic N) is 2. The SMILES string of the molecule is COc1ccc(C(=O)N(Cc2cccc(C)c2)[C@@H]2CCCC[C@H]2NC(=O)[C@@H]2CCCN2C(=O)Cc2ccccc2)cc1. The number of hydrogen-bond acceptors (Lipinski definition) is 4. The second kappa shape index (κ2) is 13.7. The molecule has 2 aliphatic rings. The van der Waals surface area contributed by atoms with Crippen molar-refractivity contribution in [2.24, 2.45) is 0 Å². The molecular weight excluding hydrogens is 526 g/mol. The van der Waals surface area contributed by atoms with E-state index in [9.17, 15) is 14.4 Å². The molecule has 0 spiro atoms. The Hall–Kier alpha value is -4.13. The summed E-state index contributed by atoms with van der Waals surface area (Å²) in [6.45, 7) is 3.09. The third kappa shape index (κ3) is 7.01. The van der Waals surface area contributed by atoms with Crippen LogP contribution in [0.4, 0.5) is 0 Å². The number of aryl methyl sites for hydroxylation is 1. The summed E-state index contributed by atoms with van der Waals surface area (Å²) < 4.78 is 5.30. The average Bonchev–Trinajstić information content (AvgIpc) is 3.51. The lowest BCUT2D eigenvalue weighted by molar-refractivity contribution is -0.138. The number of benzene rings is 3. The molecule has 1 heterocycles. The zero-order valence-electron chi connectivity index (χ0n) is 24.6. The number of carbonyl (C=O) groups excluding carboxylic acids is 3. The number of carbonyl (C=O) groups is 3. The van der Waals surface area contributed by atoms with Crippen LogP contribution in [0.3, 0.4) is 0 Å². The average molecular weight is 568 g/mol. The fourth-order valence-corrected chi connectivity index (χ4v) is 6.39. The fourth-order valence-electron chi connectivity index (χ4n) is 6.39. The van der Waals surface area contributed by atoms with Crippen molar-refractivity contribution in [3.05, 3.63) is 101 Å². The first-order chi connectivity index (χ1) is 20.4. The topological polar surface area (TPSA) is 79.0 Å². The van der Waals surface area contributed by atoms with Gasteiger partial charge in [-0.1, -0.05) is 73.0 Å². The Morgan fingerprint density at radius 2 is 1.62 bits per heavy atom. The van der Waals surface area contributed by atoms with Crippen LogP contribution in [0, 0.1) is 6.92 Å². The maximum absolute atomic E-state index is 14.1. The molecule has 2 fully saturated rings. The Bertz CT molecular complexity index is 1370. The molecule has 42 heavy (non-hydrogen) atoms. The van der Waals surface area contributed by atoms with Gasteiger partial charge < -0.3 is 19.9 Å². The predicted molar refractivity (Wildman–Crippen MR) is 163 cm³/mol. The van der Waals surface area contributed by atoms with Crippen molar-refractivity contribution in [1.82, 2.24) is 15.1 Å². The number of likely N-dealkylation sites (tertiary alicyclic amines) is 1. The predicted octanol–water partition coefficient (Wildman–Crippen LogP) is 5.31. The molecular formula is C35H41N3O4. The normalized spacial score (nSPS) is 20.1. The van der Waals surface area contributed by atoms with Gasteiger partial charge in [-0.3, -0.25) is 14.4 Å². The quantitative estimate of drug-likeness (QED) is 0.380. The van der Waals surface area contributed by atoms with Crippen molar-refractivity contribution < 1.29 is 19.1 Å². The van der Waals surface area contributed by atoms with E-state index in [0.29, 0.717) is 30.8 Å². The van der Waals surface area contributed by atoms with Crippen LogP contribution in [-0.2, 0) is 22.6 Å². The summed E-state index contributed by atoms with van der Waals surface area (Å²) in [5.74, 6) is 0.501. The maximum Gasteiger partial charge on any atom is 0.254 e. The summed E-state index contributed by atoms with van der Waals surface area (Å²) in [5.41, 5.74) is 3.73. The van der Waals surface area contributed by atoms with Gasteiger partial charge in [0.05, 0.1) is 19.6 Å². The highest BCUT2D eigenvalue weighted by Crippen LogP contribution is 2.28. The summed E-state index contributed by atoms with van der Waals surface area (Å²) in [6.07, 6.45) is 5.32. The van der Waals surface area contributed by atoms with Crippen LogP contribution in [0.15, 0.2) is 78.9 Å². The molecule has 220 valence electrons. The van der Waals surface area contributed by atoms with E-state index in [4.69, 9.17) is 4.74 Å². The second-order valence-corrected chi connectivity index (χ2v) is 11.5. The molecule has 3 aromatic rings. The van der Waals surface area contributed by atoms with Crippen LogP contribution in [0.5, 0.6) is 5.75 Å². The van der Waals surface area contributed by atoms with Gasteiger partial charge in [-0.05, 0) is 68.0 Å². The van der Waals surface area contributed by atoms with Crippen LogP contribution >= 0.6 is 0 Å². The van der Waals surface area contributed by atoms with Gasteiger partial charge >= 0.3 is 0 Å². The minimum absolute atomic E-state index is 0.0187. The summed E-state index contributed by atoms with van der Waals surface area (Å²) in [4.78, 5) is 44.7. The van der Waals surface area contributed by atoms with Crippen LogP contribution in [0.2, 0.25) is 0 Å². The van der Waals surface area contributed by atoms with E-state index in [-0.39, 0.29) is 36.2 Å². The van der Waals surface area contributed by atoms with Gasteiger partial charge in [0.1, 0.15) is 11.8 Å². The standard InChI is InChI=1S/C35H41N3O4/c1-25-10-8-13-27(22-25)24-38(35(41)28-17-19-29(42-2)20-18-28)31-15-7-6-14-30(31)36-34(40)32-16-9-21-37(32)33(39)23-26-11-4-3-5-12-26/h3-5,8,10-13,17-20,22,30-32H,6-7,9,14-16,21,23-24H2,1-2H3,(H,36,40)/t30-,31-,32+/m1/s1. The van der Waals surface area contributed by atoms with Crippen molar-refractivity contribution in [2.75, 3.05) is 13.7 Å². The molecule has 0 bridgehead atoms. The van der Waals surface area contributed by atoms with Crippen molar-refractivity contribution in [3.63, 3.8) is 0 Å². The Morgan fingerprint density at radius 1 is 0.881 bits per heavy atom. The summed E-state index contributed by atoms with van der Waals surface area (Å²) >= 11 is 0. The minimum Gasteiger partial charge on any atom is -0.497 e. The number of ether oxygens (including phenoxy) is 1. The van der Waals surface area contributed by atoms with Gasteiger partial charge in [0.2, 0.25) is 11.8 Å². The third-order valence-electron chi connectivity index (χ3n) is 8.56. The Balaban J connectivity index is 1.35.